The minimum atomic E-state index is -0.547. The van der Waals surface area contributed by atoms with Crippen LogP contribution in [-0.4, -0.2) is 14.9 Å². The number of hydrogen-bond acceptors (Lipinski definition) is 5. The monoisotopic (exact) mass is 282 g/mol. The highest BCUT2D eigenvalue weighted by Gasteiger charge is 2.10. The van der Waals surface area contributed by atoms with Crippen molar-refractivity contribution in [2.75, 3.05) is 5.32 Å². The molecule has 1 aromatic heterocycles. The smallest absolute Gasteiger partial charge is 0.270 e. The van der Waals surface area contributed by atoms with Gasteiger partial charge in [0.2, 0.25) is 5.95 Å². The van der Waals surface area contributed by atoms with Gasteiger partial charge in [-0.25, -0.2) is 4.98 Å². The first-order valence-corrected chi connectivity index (χ1v) is 6.14. The summed E-state index contributed by atoms with van der Waals surface area (Å²) in [5.41, 5.74) is 0.602. The highest BCUT2D eigenvalue weighted by molar-refractivity contribution is 5.81. The van der Waals surface area contributed by atoms with Gasteiger partial charge in [0.1, 0.15) is 0 Å². The lowest BCUT2D eigenvalue weighted by atomic mass is 10.2. The van der Waals surface area contributed by atoms with Crippen LogP contribution < -0.4 is 10.9 Å². The summed E-state index contributed by atoms with van der Waals surface area (Å²) in [6.45, 7) is 0. The summed E-state index contributed by atoms with van der Waals surface area (Å²) in [7, 11) is 0. The molecular weight excluding hydrogens is 272 g/mol. The quantitative estimate of drug-likeness (QED) is 0.568. The van der Waals surface area contributed by atoms with E-state index < -0.39 is 10.5 Å². The number of para-hydroxylation sites is 1. The van der Waals surface area contributed by atoms with E-state index in [2.05, 4.69) is 15.3 Å². The van der Waals surface area contributed by atoms with E-state index in [9.17, 15) is 14.9 Å². The van der Waals surface area contributed by atoms with E-state index in [1.807, 2.05) is 30.3 Å². The molecule has 0 amide bonds. The summed E-state index contributed by atoms with van der Waals surface area (Å²) < 4.78 is 0. The number of nitro groups is 1. The van der Waals surface area contributed by atoms with E-state index >= 15 is 0 Å². The van der Waals surface area contributed by atoms with Gasteiger partial charge in [0.25, 0.3) is 11.2 Å². The lowest BCUT2D eigenvalue weighted by molar-refractivity contribution is -0.384. The Morgan fingerprint density at radius 1 is 1.14 bits per heavy atom. The average Bonchev–Trinajstić information content (AvgIpc) is 2.48. The van der Waals surface area contributed by atoms with Crippen molar-refractivity contribution in [3.8, 4) is 0 Å². The van der Waals surface area contributed by atoms with Crippen LogP contribution in [0.15, 0.2) is 53.3 Å². The Bertz CT molecular complexity index is 874. The summed E-state index contributed by atoms with van der Waals surface area (Å²) in [6.07, 6.45) is 0. The molecule has 0 radical (unpaired) electrons. The molecule has 0 saturated heterocycles. The maximum absolute atomic E-state index is 12.0. The average molecular weight is 282 g/mol. The van der Waals surface area contributed by atoms with Gasteiger partial charge in [-0.2, -0.15) is 0 Å². The van der Waals surface area contributed by atoms with Crippen LogP contribution >= 0.6 is 0 Å². The second-order valence-electron chi connectivity index (χ2n) is 4.36. The fourth-order valence-electron chi connectivity index (χ4n) is 1.96. The fourth-order valence-corrected chi connectivity index (χ4v) is 1.96. The number of non-ortho nitro benzene ring substituents is 1. The number of anilines is 2. The highest BCUT2D eigenvalue weighted by Crippen LogP contribution is 2.18. The molecule has 104 valence electrons. The van der Waals surface area contributed by atoms with Gasteiger partial charge in [-0.15, -0.1) is 0 Å². The Morgan fingerprint density at radius 2 is 1.90 bits per heavy atom. The zero-order valence-electron chi connectivity index (χ0n) is 10.7. The number of benzene rings is 2. The second-order valence-corrected chi connectivity index (χ2v) is 4.36. The number of H-pyrrole nitrogens is 1. The van der Waals surface area contributed by atoms with Crippen molar-refractivity contribution in [2.45, 2.75) is 0 Å². The van der Waals surface area contributed by atoms with Crippen molar-refractivity contribution in [3.05, 3.63) is 69.0 Å². The Kier molecular flexibility index (Phi) is 3.07. The lowest BCUT2D eigenvalue weighted by Gasteiger charge is -2.06. The predicted octanol–water partition coefficient (Wildman–Crippen LogP) is 2.57. The molecule has 0 aliphatic carbocycles. The van der Waals surface area contributed by atoms with E-state index in [1.165, 1.54) is 18.2 Å². The lowest BCUT2D eigenvalue weighted by Crippen LogP contribution is -2.11. The summed E-state index contributed by atoms with van der Waals surface area (Å²) in [6, 6.07) is 13.2. The Balaban J connectivity index is 2.06. The Labute approximate surface area is 118 Å². The van der Waals surface area contributed by atoms with Crippen molar-refractivity contribution >= 4 is 28.2 Å². The molecule has 0 fully saturated rings. The van der Waals surface area contributed by atoms with Gasteiger partial charge in [-0.3, -0.25) is 19.9 Å². The molecule has 1 heterocycles. The topological polar surface area (TPSA) is 101 Å². The molecule has 0 unspecified atom stereocenters. The molecule has 0 aliphatic heterocycles. The molecule has 0 atom stereocenters. The Morgan fingerprint density at radius 3 is 2.62 bits per heavy atom. The first-order valence-electron chi connectivity index (χ1n) is 6.14. The third-order valence-electron chi connectivity index (χ3n) is 2.94. The van der Waals surface area contributed by atoms with Gasteiger partial charge in [0.05, 0.1) is 15.8 Å². The summed E-state index contributed by atoms with van der Waals surface area (Å²) in [5, 5.41) is 13.9. The number of nitrogens with one attached hydrogen (secondary N) is 2. The maximum atomic E-state index is 12.0. The molecule has 3 aromatic rings. The molecule has 0 spiro atoms. The highest BCUT2D eigenvalue weighted by atomic mass is 16.6. The van der Waals surface area contributed by atoms with Crippen LogP contribution in [0.4, 0.5) is 17.3 Å². The van der Waals surface area contributed by atoms with Crippen molar-refractivity contribution in [2.24, 2.45) is 0 Å². The molecule has 2 N–H and O–H groups in total. The third-order valence-corrected chi connectivity index (χ3v) is 2.94. The van der Waals surface area contributed by atoms with E-state index in [-0.39, 0.29) is 17.0 Å². The number of nitro benzene ring substituents is 1. The third kappa shape index (κ3) is 2.57. The molecular formula is C14H10N4O3. The van der Waals surface area contributed by atoms with Crippen LogP contribution in [0, 0.1) is 10.1 Å². The SMILES string of the molecule is O=c1[nH]c(Nc2ccccc2)nc2ccc([N+](=O)[O-])cc12. The Hall–Kier alpha value is -3.22. The largest absolute Gasteiger partial charge is 0.326 e. The maximum Gasteiger partial charge on any atom is 0.270 e. The molecule has 21 heavy (non-hydrogen) atoms. The zero-order valence-corrected chi connectivity index (χ0v) is 10.7. The van der Waals surface area contributed by atoms with E-state index in [4.69, 9.17) is 0 Å². The van der Waals surface area contributed by atoms with Crippen molar-refractivity contribution < 1.29 is 4.92 Å². The van der Waals surface area contributed by atoms with Crippen LogP contribution in [-0.2, 0) is 0 Å². The summed E-state index contributed by atoms with van der Waals surface area (Å²) in [5.74, 6) is 0.285. The van der Waals surface area contributed by atoms with E-state index in [0.29, 0.717) is 5.52 Å². The molecule has 0 saturated carbocycles. The first kappa shape index (κ1) is 12.8. The van der Waals surface area contributed by atoms with E-state index in [0.717, 1.165) is 5.69 Å². The van der Waals surface area contributed by atoms with Crippen molar-refractivity contribution in [1.29, 1.82) is 0 Å². The summed E-state index contributed by atoms with van der Waals surface area (Å²) >= 11 is 0. The van der Waals surface area contributed by atoms with Crippen LogP contribution in [0.2, 0.25) is 0 Å². The van der Waals surface area contributed by atoms with Gasteiger partial charge >= 0.3 is 0 Å². The minimum absolute atomic E-state index is 0.140. The van der Waals surface area contributed by atoms with Gasteiger partial charge < -0.3 is 5.32 Å². The molecule has 2 aromatic carbocycles. The number of fused-ring (bicyclic) bond motifs is 1. The van der Waals surface area contributed by atoms with Gasteiger partial charge in [0, 0.05) is 17.8 Å². The van der Waals surface area contributed by atoms with Crippen molar-refractivity contribution in [3.63, 3.8) is 0 Å². The minimum Gasteiger partial charge on any atom is -0.326 e. The normalized spacial score (nSPS) is 10.5. The van der Waals surface area contributed by atoms with Crippen LogP contribution in [0.1, 0.15) is 0 Å². The van der Waals surface area contributed by atoms with Crippen LogP contribution in [0.5, 0.6) is 0 Å². The molecule has 0 bridgehead atoms. The standard InChI is InChI=1S/C14H10N4O3/c19-13-11-8-10(18(20)21)6-7-12(11)16-14(17-13)15-9-4-2-1-3-5-9/h1-8H,(H2,15,16,17,19). The number of aromatic amines is 1. The van der Waals surface area contributed by atoms with Crippen LogP contribution in [0.25, 0.3) is 10.9 Å². The van der Waals surface area contributed by atoms with Crippen molar-refractivity contribution in [1.82, 2.24) is 9.97 Å². The number of aromatic nitrogens is 2. The zero-order chi connectivity index (χ0) is 14.8. The number of hydrogen-bond donors (Lipinski definition) is 2. The van der Waals surface area contributed by atoms with E-state index in [1.54, 1.807) is 0 Å². The number of rotatable bonds is 3. The summed E-state index contributed by atoms with van der Waals surface area (Å²) in [4.78, 5) is 29.0. The van der Waals surface area contributed by atoms with Crippen LogP contribution in [0.3, 0.4) is 0 Å². The first-order chi connectivity index (χ1) is 10.1. The molecule has 7 heteroatoms. The molecule has 0 aliphatic rings. The molecule has 3 rings (SSSR count). The van der Waals surface area contributed by atoms with Gasteiger partial charge in [-0.1, -0.05) is 18.2 Å². The second kappa shape index (κ2) is 5.04. The fraction of sp³-hybridized carbons (Fsp3) is 0. The molecule has 7 nitrogen and oxygen atoms in total. The number of nitrogens with zero attached hydrogens (tertiary/aromatic N) is 2. The van der Waals surface area contributed by atoms with Gasteiger partial charge in [-0.05, 0) is 18.2 Å². The van der Waals surface area contributed by atoms with Gasteiger partial charge in [0.15, 0.2) is 0 Å². The predicted molar refractivity (Wildman–Crippen MR) is 78.7 cm³/mol.